The highest BCUT2D eigenvalue weighted by Crippen LogP contribution is 2.36. The molecule has 3 aromatic rings. The second kappa shape index (κ2) is 7.30. The molecule has 0 unspecified atom stereocenters. The average Bonchev–Trinajstić information content (AvgIpc) is 3.03. The van der Waals surface area contributed by atoms with Gasteiger partial charge in [0, 0.05) is 25.1 Å². The maximum Gasteiger partial charge on any atom is 0.414 e. The number of hydrogen-bond donors (Lipinski definition) is 0. The van der Waals surface area contributed by atoms with Gasteiger partial charge in [-0.25, -0.2) is 9.78 Å². The molecular weight excluding hydrogens is 350 g/mol. The smallest absolute Gasteiger partial charge is 0.414 e. The Kier molecular flexibility index (Phi) is 4.84. The summed E-state index contributed by atoms with van der Waals surface area (Å²) >= 11 is 0. The van der Waals surface area contributed by atoms with Gasteiger partial charge in [-0.05, 0) is 43.4 Å². The van der Waals surface area contributed by atoms with Crippen LogP contribution in [0.2, 0.25) is 0 Å². The number of benzene rings is 2. The third kappa shape index (κ3) is 3.05. The first kappa shape index (κ1) is 18.5. The maximum absolute atomic E-state index is 12.3. The van der Waals surface area contributed by atoms with Gasteiger partial charge in [0.1, 0.15) is 5.82 Å². The molecule has 1 amide bonds. The molecule has 28 heavy (non-hydrogen) atoms. The summed E-state index contributed by atoms with van der Waals surface area (Å²) in [6.45, 7) is 4.31. The number of fused-ring (bicyclic) bond motifs is 3. The van der Waals surface area contributed by atoms with Crippen LogP contribution in [0.5, 0.6) is 0 Å². The molecule has 0 spiro atoms. The normalized spacial score (nSPS) is 17.4. The Labute approximate surface area is 165 Å². The molecule has 146 valence electrons. The number of aryl methyl sites for hydroxylation is 2. The van der Waals surface area contributed by atoms with Crippen LogP contribution in [0, 0.1) is 0 Å². The number of carbonyl (C=O) groups excluding carboxylic acids is 1. The fourth-order valence-electron chi connectivity index (χ4n) is 4.28. The summed E-state index contributed by atoms with van der Waals surface area (Å²) in [4.78, 5) is 19.1. The SMILES string of the molecule is COC(=O)N1c2ccc3c(nc(C[C@H](C)c4ccccc4)n3C)c2CC[C@@H]1C. The lowest BCUT2D eigenvalue weighted by atomic mass is 9.96. The first-order valence-electron chi connectivity index (χ1n) is 9.90. The zero-order valence-electron chi connectivity index (χ0n) is 17.0. The van der Waals surface area contributed by atoms with Gasteiger partial charge in [-0.3, -0.25) is 4.90 Å². The summed E-state index contributed by atoms with van der Waals surface area (Å²) < 4.78 is 7.21. The first-order chi connectivity index (χ1) is 13.5. The second-order valence-corrected chi connectivity index (χ2v) is 7.76. The molecule has 1 aliphatic heterocycles. The quantitative estimate of drug-likeness (QED) is 0.657. The molecule has 0 bridgehead atoms. The Morgan fingerprint density at radius 1 is 1.25 bits per heavy atom. The molecule has 2 heterocycles. The molecule has 0 saturated heterocycles. The highest BCUT2D eigenvalue weighted by Gasteiger charge is 2.31. The minimum atomic E-state index is -0.304. The van der Waals surface area contributed by atoms with Crippen molar-refractivity contribution in [1.29, 1.82) is 0 Å². The number of ether oxygens (including phenoxy) is 1. The van der Waals surface area contributed by atoms with Gasteiger partial charge in [-0.15, -0.1) is 0 Å². The summed E-state index contributed by atoms with van der Waals surface area (Å²) in [7, 11) is 3.52. The summed E-state index contributed by atoms with van der Waals surface area (Å²) in [6.07, 6.45) is 2.40. The predicted octanol–water partition coefficient (Wildman–Crippen LogP) is 4.83. The van der Waals surface area contributed by atoms with E-state index in [0.29, 0.717) is 5.92 Å². The van der Waals surface area contributed by atoms with Crippen LogP contribution in [0.25, 0.3) is 11.0 Å². The average molecular weight is 377 g/mol. The van der Waals surface area contributed by atoms with Gasteiger partial charge < -0.3 is 9.30 Å². The zero-order chi connectivity index (χ0) is 19.8. The van der Waals surface area contributed by atoms with E-state index in [9.17, 15) is 4.79 Å². The van der Waals surface area contributed by atoms with Crippen LogP contribution in [0.4, 0.5) is 10.5 Å². The number of anilines is 1. The Bertz CT molecular complexity index is 1010. The van der Waals surface area contributed by atoms with E-state index in [2.05, 4.69) is 55.8 Å². The fraction of sp³-hybridized carbons (Fsp3) is 0.391. The van der Waals surface area contributed by atoms with Crippen LogP contribution in [0.15, 0.2) is 42.5 Å². The van der Waals surface area contributed by atoms with E-state index in [-0.39, 0.29) is 12.1 Å². The van der Waals surface area contributed by atoms with Gasteiger partial charge in [-0.1, -0.05) is 37.3 Å². The number of aromatic nitrogens is 2. The molecule has 5 heteroatoms. The van der Waals surface area contributed by atoms with Crippen molar-refractivity contribution in [2.45, 2.75) is 45.1 Å². The van der Waals surface area contributed by atoms with Gasteiger partial charge in [0.15, 0.2) is 0 Å². The molecular formula is C23H27N3O2. The molecule has 1 aromatic heterocycles. The highest BCUT2D eigenvalue weighted by atomic mass is 16.5. The van der Waals surface area contributed by atoms with E-state index in [1.165, 1.54) is 12.7 Å². The minimum Gasteiger partial charge on any atom is -0.452 e. The lowest BCUT2D eigenvalue weighted by Crippen LogP contribution is -2.42. The third-order valence-corrected chi connectivity index (χ3v) is 5.97. The molecule has 0 N–H and O–H groups in total. The predicted molar refractivity (Wildman–Crippen MR) is 112 cm³/mol. The first-order valence-corrected chi connectivity index (χ1v) is 9.90. The summed E-state index contributed by atoms with van der Waals surface area (Å²) in [5, 5.41) is 0. The lowest BCUT2D eigenvalue weighted by Gasteiger charge is -2.34. The van der Waals surface area contributed by atoms with Crippen molar-refractivity contribution < 1.29 is 9.53 Å². The number of hydrogen-bond acceptors (Lipinski definition) is 3. The van der Waals surface area contributed by atoms with Gasteiger partial charge in [0.2, 0.25) is 0 Å². The van der Waals surface area contributed by atoms with E-state index in [4.69, 9.17) is 9.72 Å². The second-order valence-electron chi connectivity index (χ2n) is 7.76. The molecule has 2 atom stereocenters. The Hall–Kier alpha value is -2.82. The standard InChI is InChI=1S/C23H27N3O2/c1-15(17-8-6-5-7-9-17)14-21-24-22-18-11-10-16(2)26(23(27)28-4)19(18)12-13-20(22)25(21)3/h5-9,12-13,15-16H,10-11,14H2,1-4H3/t15-,16-/m0/s1. The Balaban J connectivity index is 1.74. The van der Waals surface area contributed by atoms with Gasteiger partial charge in [0.05, 0.1) is 23.8 Å². The van der Waals surface area contributed by atoms with Crippen molar-refractivity contribution in [3.05, 3.63) is 59.4 Å². The summed E-state index contributed by atoms with van der Waals surface area (Å²) in [5.74, 6) is 1.46. The van der Waals surface area contributed by atoms with Crippen LogP contribution in [0.1, 0.15) is 43.1 Å². The van der Waals surface area contributed by atoms with Gasteiger partial charge >= 0.3 is 6.09 Å². The third-order valence-electron chi connectivity index (χ3n) is 5.97. The molecule has 0 radical (unpaired) electrons. The zero-order valence-corrected chi connectivity index (χ0v) is 17.0. The minimum absolute atomic E-state index is 0.124. The molecule has 2 aromatic carbocycles. The van der Waals surface area contributed by atoms with E-state index in [0.717, 1.165) is 47.4 Å². The largest absolute Gasteiger partial charge is 0.452 e. The number of imidazole rings is 1. The highest BCUT2D eigenvalue weighted by molar-refractivity contribution is 5.95. The van der Waals surface area contributed by atoms with E-state index >= 15 is 0 Å². The monoisotopic (exact) mass is 377 g/mol. The van der Waals surface area contributed by atoms with Crippen molar-refractivity contribution >= 4 is 22.8 Å². The number of methoxy groups -OCH3 is 1. The van der Waals surface area contributed by atoms with Gasteiger partial charge in [-0.2, -0.15) is 0 Å². The summed E-state index contributed by atoms with van der Waals surface area (Å²) in [6, 6.07) is 14.8. The molecule has 0 aliphatic carbocycles. The number of amides is 1. The molecule has 0 saturated carbocycles. The molecule has 5 nitrogen and oxygen atoms in total. The topological polar surface area (TPSA) is 47.4 Å². The van der Waals surface area contributed by atoms with Crippen molar-refractivity contribution in [2.75, 3.05) is 12.0 Å². The van der Waals surface area contributed by atoms with E-state index < -0.39 is 0 Å². The molecule has 0 fully saturated rings. The van der Waals surface area contributed by atoms with Crippen LogP contribution in [0.3, 0.4) is 0 Å². The fourth-order valence-corrected chi connectivity index (χ4v) is 4.28. The number of rotatable bonds is 3. The molecule has 1 aliphatic rings. The van der Waals surface area contributed by atoms with Gasteiger partial charge in [0.25, 0.3) is 0 Å². The van der Waals surface area contributed by atoms with Crippen LogP contribution in [-0.2, 0) is 24.6 Å². The lowest BCUT2D eigenvalue weighted by molar-refractivity contribution is 0.175. The van der Waals surface area contributed by atoms with E-state index in [1.807, 2.05) is 12.1 Å². The van der Waals surface area contributed by atoms with Crippen molar-refractivity contribution in [3.63, 3.8) is 0 Å². The number of nitrogens with zero attached hydrogens (tertiary/aromatic N) is 3. The van der Waals surface area contributed by atoms with Crippen molar-refractivity contribution in [2.24, 2.45) is 7.05 Å². The van der Waals surface area contributed by atoms with Crippen LogP contribution in [-0.4, -0.2) is 28.8 Å². The maximum atomic E-state index is 12.3. The van der Waals surface area contributed by atoms with Crippen molar-refractivity contribution in [3.8, 4) is 0 Å². The van der Waals surface area contributed by atoms with Crippen LogP contribution < -0.4 is 4.90 Å². The van der Waals surface area contributed by atoms with Crippen molar-refractivity contribution in [1.82, 2.24) is 9.55 Å². The molecule has 4 rings (SSSR count). The van der Waals surface area contributed by atoms with E-state index in [1.54, 1.807) is 4.90 Å². The number of carbonyl (C=O) groups is 1. The van der Waals surface area contributed by atoms with Crippen LogP contribution >= 0.6 is 0 Å². The Morgan fingerprint density at radius 3 is 2.71 bits per heavy atom. The summed E-state index contributed by atoms with van der Waals surface area (Å²) in [5.41, 5.74) is 5.53. The Morgan fingerprint density at radius 2 is 2.00 bits per heavy atom.